The summed E-state index contributed by atoms with van der Waals surface area (Å²) in [7, 11) is 0. The van der Waals surface area contributed by atoms with Gasteiger partial charge < -0.3 is 15.2 Å². The zero-order valence-electron chi connectivity index (χ0n) is 19.7. The standard InChI is InChI=1S/C24H26F2N6O3/c1-13-17(16-7-9-27-20(11-16)24(4,25)26)5-6-18(29-13)14(2)30-22-28-10-8-21(31-22)32-19(15(3)33)12-35-23(32)34/h5-11,14-15,19,33H,12H2,1-4H3,(H,28,30,31)/t14-,15+,19+/m0/s1. The molecular formula is C24H26F2N6O3. The average Bonchev–Trinajstić information content (AvgIpc) is 3.20. The van der Waals surface area contributed by atoms with Gasteiger partial charge in [-0.15, -0.1) is 0 Å². The number of cyclic esters (lactones) is 1. The number of aryl methyl sites for hydroxylation is 1. The first-order valence-corrected chi connectivity index (χ1v) is 11.1. The average molecular weight is 485 g/mol. The quantitative estimate of drug-likeness (QED) is 0.512. The molecular weight excluding hydrogens is 458 g/mol. The van der Waals surface area contributed by atoms with Crippen molar-refractivity contribution < 1.29 is 23.4 Å². The van der Waals surface area contributed by atoms with Gasteiger partial charge in [0.2, 0.25) is 5.95 Å². The van der Waals surface area contributed by atoms with E-state index in [0.29, 0.717) is 22.8 Å². The first kappa shape index (κ1) is 24.4. The van der Waals surface area contributed by atoms with Crippen LogP contribution in [0.1, 0.15) is 43.9 Å². The molecule has 4 rings (SSSR count). The predicted molar refractivity (Wildman–Crippen MR) is 125 cm³/mol. The lowest BCUT2D eigenvalue weighted by atomic mass is 10.0. The Morgan fingerprint density at radius 2 is 1.91 bits per heavy atom. The summed E-state index contributed by atoms with van der Waals surface area (Å²) in [5.41, 5.74) is 2.39. The lowest BCUT2D eigenvalue weighted by Crippen LogP contribution is -2.41. The number of aliphatic hydroxyl groups excluding tert-OH is 1. The molecule has 11 heteroatoms. The Balaban J connectivity index is 1.54. The van der Waals surface area contributed by atoms with Crippen LogP contribution in [-0.2, 0) is 10.7 Å². The first-order valence-electron chi connectivity index (χ1n) is 11.1. The second-order valence-corrected chi connectivity index (χ2v) is 8.55. The maximum Gasteiger partial charge on any atom is 0.416 e. The van der Waals surface area contributed by atoms with Crippen LogP contribution in [-0.4, -0.2) is 49.9 Å². The van der Waals surface area contributed by atoms with E-state index in [1.807, 2.05) is 19.9 Å². The van der Waals surface area contributed by atoms with Crippen molar-refractivity contribution in [3.63, 3.8) is 0 Å². The first-order chi connectivity index (χ1) is 16.5. The third-order valence-electron chi connectivity index (χ3n) is 5.77. The highest BCUT2D eigenvalue weighted by Crippen LogP contribution is 2.31. The van der Waals surface area contributed by atoms with Gasteiger partial charge >= 0.3 is 6.09 Å². The van der Waals surface area contributed by atoms with Crippen LogP contribution in [0.15, 0.2) is 42.7 Å². The fourth-order valence-corrected chi connectivity index (χ4v) is 3.84. The second kappa shape index (κ2) is 9.49. The summed E-state index contributed by atoms with van der Waals surface area (Å²) in [6.45, 7) is 6.16. The summed E-state index contributed by atoms with van der Waals surface area (Å²) in [6.07, 6.45) is 1.50. The van der Waals surface area contributed by atoms with Gasteiger partial charge in [0, 0.05) is 30.6 Å². The number of halogens is 2. The number of carbonyl (C=O) groups is 1. The Morgan fingerprint density at radius 1 is 1.17 bits per heavy atom. The molecule has 0 spiro atoms. The van der Waals surface area contributed by atoms with Crippen LogP contribution >= 0.6 is 0 Å². The van der Waals surface area contributed by atoms with Crippen LogP contribution in [0.25, 0.3) is 11.1 Å². The third kappa shape index (κ3) is 5.19. The van der Waals surface area contributed by atoms with E-state index < -0.39 is 24.2 Å². The molecule has 1 aliphatic heterocycles. The van der Waals surface area contributed by atoms with Crippen LogP contribution in [0.2, 0.25) is 0 Å². The normalized spacial score (nSPS) is 17.7. The number of anilines is 2. The van der Waals surface area contributed by atoms with Crippen LogP contribution < -0.4 is 10.2 Å². The van der Waals surface area contributed by atoms with Crippen molar-refractivity contribution in [2.24, 2.45) is 0 Å². The van der Waals surface area contributed by atoms with Crippen LogP contribution in [0.5, 0.6) is 0 Å². The number of aliphatic hydroxyl groups is 1. The van der Waals surface area contributed by atoms with E-state index in [2.05, 4.69) is 25.3 Å². The van der Waals surface area contributed by atoms with Crippen molar-refractivity contribution in [2.75, 3.05) is 16.8 Å². The molecule has 1 aliphatic rings. The Bertz CT molecular complexity index is 1230. The van der Waals surface area contributed by atoms with E-state index in [-0.39, 0.29) is 24.3 Å². The van der Waals surface area contributed by atoms with Gasteiger partial charge in [0.25, 0.3) is 5.92 Å². The molecule has 0 bridgehead atoms. The van der Waals surface area contributed by atoms with Gasteiger partial charge in [-0.1, -0.05) is 6.07 Å². The molecule has 184 valence electrons. The zero-order chi connectivity index (χ0) is 25.3. The Morgan fingerprint density at radius 3 is 2.60 bits per heavy atom. The number of hydrogen-bond acceptors (Lipinski definition) is 8. The highest BCUT2D eigenvalue weighted by molar-refractivity contribution is 5.89. The summed E-state index contributed by atoms with van der Waals surface area (Å²) >= 11 is 0. The lowest BCUT2D eigenvalue weighted by Gasteiger charge is -2.23. The maximum atomic E-state index is 13.7. The minimum Gasteiger partial charge on any atom is -0.447 e. The van der Waals surface area contributed by atoms with Gasteiger partial charge in [0.05, 0.1) is 17.8 Å². The molecule has 0 aromatic carbocycles. The molecule has 3 aromatic heterocycles. The lowest BCUT2D eigenvalue weighted by molar-refractivity contribution is 0.0128. The monoisotopic (exact) mass is 484 g/mol. The van der Waals surface area contributed by atoms with Crippen molar-refractivity contribution >= 4 is 17.9 Å². The van der Waals surface area contributed by atoms with Crippen molar-refractivity contribution in [2.45, 2.75) is 51.8 Å². The molecule has 1 amide bonds. The van der Waals surface area contributed by atoms with Crippen LogP contribution in [0, 0.1) is 6.92 Å². The van der Waals surface area contributed by atoms with Crippen LogP contribution in [0.4, 0.5) is 25.3 Å². The highest BCUT2D eigenvalue weighted by atomic mass is 19.3. The molecule has 1 fully saturated rings. The van der Waals surface area contributed by atoms with Gasteiger partial charge in [-0.3, -0.25) is 14.9 Å². The number of carbonyl (C=O) groups excluding carboxylic acids is 1. The van der Waals surface area contributed by atoms with Gasteiger partial charge in [-0.2, -0.15) is 13.8 Å². The van der Waals surface area contributed by atoms with Crippen molar-refractivity contribution in [3.8, 4) is 11.1 Å². The highest BCUT2D eigenvalue weighted by Gasteiger charge is 2.38. The number of ether oxygens (including phenoxy) is 1. The summed E-state index contributed by atoms with van der Waals surface area (Å²) < 4.78 is 32.5. The number of nitrogens with zero attached hydrogens (tertiary/aromatic N) is 5. The smallest absolute Gasteiger partial charge is 0.416 e. The largest absolute Gasteiger partial charge is 0.447 e. The SMILES string of the molecule is Cc1nc([C@H](C)Nc2nccc(N3C(=O)OC[C@@H]3[C@@H](C)O)n2)ccc1-c1ccnc(C(C)(F)F)c1. The summed E-state index contributed by atoms with van der Waals surface area (Å²) in [5, 5.41) is 13.1. The molecule has 2 N–H and O–H groups in total. The number of nitrogens with one attached hydrogen (secondary N) is 1. The van der Waals surface area contributed by atoms with E-state index in [1.165, 1.54) is 23.4 Å². The summed E-state index contributed by atoms with van der Waals surface area (Å²) in [4.78, 5) is 30.5. The molecule has 3 atom stereocenters. The number of hydrogen-bond donors (Lipinski definition) is 2. The molecule has 3 aromatic rings. The number of amides is 1. The molecule has 0 aliphatic carbocycles. The van der Waals surface area contributed by atoms with Gasteiger partial charge in [-0.25, -0.2) is 9.78 Å². The molecule has 4 heterocycles. The van der Waals surface area contributed by atoms with Crippen molar-refractivity contribution in [1.29, 1.82) is 0 Å². The van der Waals surface area contributed by atoms with Gasteiger partial charge in [0.1, 0.15) is 24.2 Å². The minimum atomic E-state index is -3.04. The Kier molecular flexibility index (Phi) is 6.62. The molecule has 1 saturated heterocycles. The molecule has 0 unspecified atom stereocenters. The number of aromatic nitrogens is 4. The zero-order valence-corrected chi connectivity index (χ0v) is 19.7. The van der Waals surface area contributed by atoms with E-state index in [4.69, 9.17) is 4.74 Å². The third-order valence-corrected chi connectivity index (χ3v) is 5.77. The van der Waals surface area contributed by atoms with Crippen LogP contribution in [0.3, 0.4) is 0 Å². The predicted octanol–water partition coefficient (Wildman–Crippen LogP) is 4.23. The maximum absolute atomic E-state index is 13.7. The second-order valence-electron chi connectivity index (χ2n) is 8.55. The van der Waals surface area contributed by atoms with E-state index >= 15 is 0 Å². The Hall–Kier alpha value is -3.73. The minimum absolute atomic E-state index is 0.0735. The van der Waals surface area contributed by atoms with Crippen molar-refractivity contribution in [1.82, 2.24) is 19.9 Å². The van der Waals surface area contributed by atoms with E-state index in [0.717, 1.165) is 12.5 Å². The fraction of sp³-hybridized carbons (Fsp3) is 0.375. The molecule has 35 heavy (non-hydrogen) atoms. The van der Waals surface area contributed by atoms with E-state index in [9.17, 15) is 18.7 Å². The van der Waals surface area contributed by atoms with Gasteiger partial charge in [0.15, 0.2) is 0 Å². The number of pyridine rings is 2. The van der Waals surface area contributed by atoms with Gasteiger partial charge in [-0.05, 0) is 50.6 Å². The van der Waals surface area contributed by atoms with Crippen molar-refractivity contribution in [3.05, 3.63) is 59.8 Å². The Labute approximate surface area is 201 Å². The molecule has 0 saturated carbocycles. The summed E-state index contributed by atoms with van der Waals surface area (Å²) in [5.74, 6) is -2.46. The van der Waals surface area contributed by atoms with E-state index in [1.54, 1.807) is 25.1 Å². The molecule has 9 nitrogen and oxygen atoms in total. The fourth-order valence-electron chi connectivity index (χ4n) is 3.84. The molecule has 0 radical (unpaired) electrons. The summed E-state index contributed by atoms with van der Waals surface area (Å²) in [6, 6.07) is 7.39. The number of rotatable bonds is 7. The topological polar surface area (TPSA) is 113 Å². The number of alkyl halides is 2.